The van der Waals surface area contributed by atoms with Crippen LogP contribution in [0.2, 0.25) is 0 Å². The third-order valence-electron chi connectivity index (χ3n) is 12.7. The fraction of sp³-hybridized carbons (Fsp3) is 0.590. The number of hydrogen-bond acceptors (Lipinski definition) is 12. The highest BCUT2D eigenvalue weighted by Crippen LogP contribution is 2.62. The number of rotatable bonds is 10. The molecule has 2 aromatic rings. The van der Waals surface area contributed by atoms with Crippen LogP contribution in [0.3, 0.4) is 0 Å². The summed E-state index contributed by atoms with van der Waals surface area (Å²) in [6.45, 7) is 12.8. The number of esters is 1. The van der Waals surface area contributed by atoms with Crippen molar-refractivity contribution in [2.24, 2.45) is 22.7 Å². The summed E-state index contributed by atoms with van der Waals surface area (Å²) >= 11 is 0. The summed E-state index contributed by atoms with van der Waals surface area (Å²) < 4.78 is 11.6. The molecule has 8 atom stereocenters. The minimum Gasteiger partial charge on any atom is -0.423 e. The monoisotopic (exact) mass is 700 g/mol. The van der Waals surface area contributed by atoms with Gasteiger partial charge in [0.1, 0.15) is 11.6 Å². The van der Waals surface area contributed by atoms with Crippen molar-refractivity contribution in [1.29, 1.82) is 0 Å². The van der Waals surface area contributed by atoms with Gasteiger partial charge in [0.15, 0.2) is 0 Å². The number of morpholine rings is 1. The lowest BCUT2D eigenvalue weighted by atomic mass is 9.45. The van der Waals surface area contributed by atoms with E-state index in [4.69, 9.17) is 16.1 Å². The van der Waals surface area contributed by atoms with Crippen molar-refractivity contribution in [2.45, 2.75) is 76.6 Å². The van der Waals surface area contributed by atoms with E-state index in [-0.39, 0.29) is 42.5 Å². The molecule has 0 radical (unpaired) electrons. The summed E-state index contributed by atoms with van der Waals surface area (Å²) in [5.41, 5.74) is 1.36. The molecule has 0 spiro atoms. The molecule has 2 aromatic heterocycles. The molecule has 5 aliphatic rings. The summed E-state index contributed by atoms with van der Waals surface area (Å²) in [4.78, 5) is 31.9. The molecular formula is C39H52N6O6. The molecule has 2 aliphatic carbocycles. The lowest BCUT2D eigenvalue weighted by Gasteiger charge is -2.62. The number of ether oxygens (including phenoxy) is 2. The van der Waals surface area contributed by atoms with E-state index >= 15 is 0 Å². The second kappa shape index (κ2) is 14.7. The minimum atomic E-state index is -0.673. The number of fused-ring (bicyclic) bond motifs is 1. The Bertz CT molecular complexity index is 1630. The Kier molecular flexibility index (Phi) is 10.3. The number of allylic oxidation sites excluding steroid dienone is 1. The van der Waals surface area contributed by atoms with Crippen molar-refractivity contribution in [3.05, 3.63) is 71.9 Å². The fourth-order valence-corrected chi connectivity index (χ4v) is 9.69. The van der Waals surface area contributed by atoms with Crippen molar-refractivity contribution >= 4 is 23.8 Å². The van der Waals surface area contributed by atoms with Gasteiger partial charge in [-0.05, 0) is 80.1 Å². The quantitative estimate of drug-likeness (QED) is 0.212. The number of aliphatic hydroxyl groups is 3. The summed E-state index contributed by atoms with van der Waals surface area (Å²) in [5.74, 6) is 1.18. The van der Waals surface area contributed by atoms with Gasteiger partial charge in [0.25, 0.3) is 0 Å². The first kappa shape index (κ1) is 35.7. The van der Waals surface area contributed by atoms with Crippen molar-refractivity contribution < 1.29 is 29.6 Å². The van der Waals surface area contributed by atoms with E-state index in [0.717, 1.165) is 50.9 Å². The first-order valence-electron chi connectivity index (χ1n) is 18.5. The number of nitrogens with zero attached hydrogens (tertiary/aromatic N) is 5. The van der Waals surface area contributed by atoms with Crippen LogP contribution < -0.4 is 10.2 Å². The second-order valence-corrected chi connectivity index (χ2v) is 15.5. The Balaban J connectivity index is 1.21. The highest BCUT2D eigenvalue weighted by Gasteiger charge is 2.60. The maximum absolute atomic E-state index is 13.7. The van der Waals surface area contributed by atoms with Crippen molar-refractivity contribution in [1.82, 2.24) is 19.9 Å². The van der Waals surface area contributed by atoms with Gasteiger partial charge in [-0.2, -0.15) is 0 Å². The fourth-order valence-electron chi connectivity index (χ4n) is 9.69. The number of cyclic esters (lactones) is 1. The second-order valence-electron chi connectivity index (χ2n) is 15.5. The molecule has 4 N–H and O–H groups in total. The van der Waals surface area contributed by atoms with Crippen LogP contribution in [0.15, 0.2) is 66.3 Å². The van der Waals surface area contributed by atoms with Gasteiger partial charge in [-0.15, -0.1) is 0 Å². The van der Waals surface area contributed by atoms with Crippen LogP contribution in [0.5, 0.6) is 0 Å². The van der Waals surface area contributed by atoms with Crippen LogP contribution in [0.1, 0.15) is 57.9 Å². The van der Waals surface area contributed by atoms with Gasteiger partial charge in [-0.25, -0.2) is 19.7 Å². The normalized spacial score (nSPS) is 34.3. The highest BCUT2D eigenvalue weighted by molar-refractivity contribution is 5.95. The number of aromatic nitrogens is 3. The lowest BCUT2D eigenvalue weighted by Crippen LogP contribution is -2.62. The maximum Gasteiger partial charge on any atom is 0.341 e. The summed E-state index contributed by atoms with van der Waals surface area (Å²) in [6.07, 6.45) is 12.7. The zero-order chi connectivity index (χ0) is 35.8. The van der Waals surface area contributed by atoms with Gasteiger partial charge < -0.3 is 35.0 Å². The van der Waals surface area contributed by atoms with Crippen molar-refractivity contribution in [2.75, 3.05) is 56.3 Å². The maximum atomic E-state index is 13.7. The molecule has 0 bridgehead atoms. The summed E-state index contributed by atoms with van der Waals surface area (Å²) in [6, 6.07) is 5.28. The predicted octanol–water partition coefficient (Wildman–Crippen LogP) is 3.58. The molecule has 274 valence electrons. The van der Waals surface area contributed by atoms with Gasteiger partial charge in [0.2, 0.25) is 5.95 Å². The molecular weight excluding hydrogens is 648 g/mol. The minimum absolute atomic E-state index is 0.0220. The molecule has 5 unspecified atom stereocenters. The number of aliphatic hydroxyl groups excluding tert-OH is 3. The average molecular weight is 701 g/mol. The SMILES string of the molecule is C=C1C(N2CCOCC2)CC2[C@](C)(CC[C@@H](O)[C@@]2(C)CO)C1CC(Nc1ccccn1)C1=CC(=Cc2cnc(N3CCCC3CO)nc2)OC1=O. The molecule has 4 fully saturated rings. The third-order valence-corrected chi connectivity index (χ3v) is 12.7. The van der Waals surface area contributed by atoms with Crippen LogP contribution in [0.25, 0.3) is 6.08 Å². The van der Waals surface area contributed by atoms with Gasteiger partial charge in [0, 0.05) is 55.2 Å². The Hall–Kier alpha value is -3.68. The van der Waals surface area contributed by atoms with E-state index in [2.05, 4.69) is 32.1 Å². The number of nitrogens with one attached hydrogen (secondary N) is 1. The molecule has 51 heavy (non-hydrogen) atoms. The molecule has 12 heteroatoms. The van der Waals surface area contributed by atoms with Gasteiger partial charge >= 0.3 is 5.97 Å². The number of anilines is 2. The predicted molar refractivity (Wildman–Crippen MR) is 193 cm³/mol. The van der Waals surface area contributed by atoms with Gasteiger partial charge in [-0.3, -0.25) is 4.90 Å². The largest absolute Gasteiger partial charge is 0.423 e. The Labute approximate surface area is 300 Å². The van der Waals surface area contributed by atoms with Gasteiger partial charge in [0.05, 0.1) is 50.2 Å². The number of pyridine rings is 1. The van der Waals surface area contributed by atoms with Crippen molar-refractivity contribution in [3.63, 3.8) is 0 Å². The molecule has 2 saturated carbocycles. The smallest absolute Gasteiger partial charge is 0.341 e. The third kappa shape index (κ3) is 6.84. The van der Waals surface area contributed by atoms with Crippen molar-refractivity contribution in [3.8, 4) is 0 Å². The van der Waals surface area contributed by atoms with E-state index in [0.29, 0.717) is 54.7 Å². The Morgan fingerprint density at radius 1 is 1.12 bits per heavy atom. The van der Waals surface area contributed by atoms with Crippen LogP contribution >= 0.6 is 0 Å². The number of hydrogen-bond donors (Lipinski definition) is 4. The van der Waals surface area contributed by atoms with E-state index in [1.807, 2.05) is 30.0 Å². The number of carbonyl (C=O) groups is 1. The van der Waals surface area contributed by atoms with Crippen LogP contribution in [0.4, 0.5) is 11.8 Å². The zero-order valence-corrected chi connectivity index (χ0v) is 29.8. The first-order chi connectivity index (χ1) is 24.6. The standard InChI is InChI=1S/C39H52N6O6/c1-25-30(38(2)10-9-34(48)39(3,24-47)33(38)20-32(25)44-13-15-50-16-14-44)19-31(43-35-8-4-5-11-40-35)29-18-28(51-36(29)49)17-26-21-41-37(42-22-26)45-12-6-7-27(45)23-46/h4-5,8,11,17-18,21-22,27,30-34,46-48H,1,6-7,9-10,12-16,19-20,23-24H2,2-3H3,(H,40,43)/t27?,30?,31?,32?,33?,34-,38-,39+/m1/s1. The van der Waals surface area contributed by atoms with Gasteiger partial charge in [-0.1, -0.05) is 32.1 Å². The average Bonchev–Trinajstić information content (AvgIpc) is 3.78. The van der Waals surface area contributed by atoms with Crippen LogP contribution in [0, 0.1) is 22.7 Å². The first-order valence-corrected chi connectivity index (χ1v) is 18.5. The van der Waals surface area contributed by atoms with E-state index in [9.17, 15) is 20.1 Å². The topological polar surface area (TPSA) is 153 Å². The van der Waals surface area contributed by atoms with Crippen LogP contribution in [-0.2, 0) is 14.3 Å². The van der Waals surface area contributed by atoms with E-state index in [1.54, 1.807) is 30.7 Å². The lowest BCUT2D eigenvalue weighted by molar-refractivity contribution is -0.163. The molecule has 2 saturated heterocycles. The molecule has 0 amide bonds. The van der Waals surface area contributed by atoms with E-state index in [1.165, 1.54) is 0 Å². The number of carbonyl (C=O) groups excluding carboxylic acids is 1. The molecule has 3 aliphatic heterocycles. The molecule has 7 rings (SSSR count). The Morgan fingerprint density at radius 3 is 2.61 bits per heavy atom. The Morgan fingerprint density at radius 2 is 1.90 bits per heavy atom. The highest BCUT2D eigenvalue weighted by atomic mass is 16.5. The summed E-state index contributed by atoms with van der Waals surface area (Å²) in [7, 11) is 0. The molecule has 12 nitrogen and oxygen atoms in total. The summed E-state index contributed by atoms with van der Waals surface area (Å²) in [5, 5.41) is 35.4. The molecule has 5 heterocycles. The van der Waals surface area contributed by atoms with E-state index < -0.39 is 23.5 Å². The zero-order valence-electron chi connectivity index (χ0n) is 29.8. The molecule has 0 aromatic carbocycles. The van der Waals surface area contributed by atoms with Crippen LogP contribution in [-0.4, -0.2) is 111 Å².